The number of rotatable bonds is 3. The number of hydrogen-bond donors (Lipinski definition) is 2. The molecular weight excluding hydrogens is 284 g/mol. The average molecular weight is 306 g/mol. The van der Waals surface area contributed by atoms with Crippen LogP contribution in [0.15, 0.2) is 59.5 Å². The highest BCUT2D eigenvalue weighted by Gasteiger charge is 1.97. The minimum atomic E-state index is -1.10. The van der Waals surface area contributed by atoms with Gasteiger partial charge in [-0.25, -0.2) is 8.93 Å². The van der Waals surface area contributed by atoms with Crippen molar-refractivity contribution in [2.24, 2.45) is 0 Å². The molecule has 0 saturated heterocycles. The number of anilines is 1. The van der Waals surface area contributed by atoms with E-state index in [4.69, 9.17) is 5.73 Å². The molecule has 0 spiro atoms. The fourth-order valence-corrected chi connectivity index (χ4v) is 1.86. The van der Waals surface area contributed by atoms with Gasteiger partial charge in [0.05, 0.1) is 4.90 Å². The van der Waals surface area contributed by atoms with Gasteiger partial charge in [-0.1, -0.05) is 44.2 Å². The standard InChI is InChI=1S/C7H10N2OS.C7H6O.C2H6/c1-9-11(10)7-4-2-6(8)3-5-7;8-6-7-4-2-1-3-5-7;1-2/h2-5,9H,8H2,1H3;1-6H;1-2H3. The Bertz CT molecular complexity index is 528. The molecule has 0 heterocycles. The number of benzene rings is 2. The smallest absolute Gasteiger partial charge is 0.150 e. The van der Waals surface area contributed by atoms with E-state index < -0.39 is 11.0 Å². The summed E-state index contributed by atoms with van der Waals surface area (Å²) in [7, 11) is 0.541. The maximum absolute atomic E-state index is 11.1. The third-order valence-electron chi connectivity index (χ3n) is 2.22. The van der Waals surface area contributed by atoms with Crippen LogP contribution in [-0.2, 0) is 11.0 Å². The molecular formula is C16H22N2O2S. The molecule has 1 unspecified atom stereocenters. The van der Waals surface area contributed by atoms with E-state index in [9.17, 15) is 9.00 Å². The highest BCUT2D eigenvalue weighted by molar-refractivity contribution is 7.83. The van der Waals surface area contributed by atoms with Crippen LogP contribution in [0.25, 0.3) is 0 Å². The maximum atomic E-state index is 11.1. The summed E-state index contributed by atoms with van der Waals surface area (Å²) in [6.07, 6.45) is 0.833. The number of carbonyl (C=O) groups is 1. The van der Waals surface area contributed by atoms with Gasteiger partial charge in [-0.05, 0) is 31.3 Å². The quantitative estimate of drug-likeness (QED) is 0.676. The summed E-state index contributed by atoms with van der Waals surface area (Å²) < 4.78 is 13.7. The van der Waals surface area contributed by atoms with Crippen LogP contribution in [0.4, 0.5) is 5.69 Å². The molecule has 4 nitrogen and oxygen atoms in total. The Morgan fingerprint density at radius 1 is 1.00 bits per heavy atom. The number of nitrogens with one attached hydrogen (secondary N) is 1. The lowest BCUT2D eigenvalue weighted by atomic mass is 10.2. The highest BCUT2D eigenvalue weighted by Crippen LogP contribution is 2.07. The minimum Gasteiger partial charge on any atom is -0.399 e. The van der Waals surface area contributed by atoms with Gasteiger partial charge in [0.2, 0.25) is 0 Å². The second-order valence-electron chi connectivity index (χ2n) is 3.57. The lowest BCUT2D eigenvalue weighted by Gasteiger charge is -1.98. The van der Waals surface area contributed by atoms with E-state index in [2.05, 4.69) is 4.72 Å². The Labute approximate surface area is 129 Å². The lowest BCUT2D eigenvalue weighted by Crippen LogP contribution is -2.10. The average Bonchev–Trinajstić information content (AvgIpc) is 2.58. The summed E-state index contributed by atoms with van der Waals surface area (Å²) in [5, 5.41) is 0. The molecule has 21 heavy (non-hydrogen) atoms. The van der Waals surface area contributed by atoms with Crippen molar-refractivity contribution in [3.8, 4) is 0 Å². The van der Waals surface area contributed by atoms with Gasteiger partial charge in [0, 0.05) is 11.3 Å². The number of carbonyl (C=O) groups excluding carboxylic acids is 1. The van der Waals surface area contributed by atoms with Crippen molar-refractivity contribution in [2.75, 3.05) is 12.8 Å². The molecule has 5 heteroatoms. The van der Waals surface area contributed by atoms with Crippen molar-refractivity contribution in [1.29, 1.82) is 0 Å². The fourth-order valence-electron chi connectivity index (χ4n) is 1.24. The molecule has 0 amide bonds. The van der Waals surface area contributed by atoms with Crippen LogP contribution in [-0.4, -0.2) is 17.5 Å². The summed E-state index contributed by atoms with van der Waals surface area (Å²) in [6.45, 7) is 4.00. The van der Waals surface area contributed by atoms with Gasteiger partial charge in [-0.15, -0.1) is 0 Å². The molecule has 114 valence electrons. The zero-order valence-electron chi connectivity index (χ0n) is 12.6. The second kappa shape index (κ2) is 11.8. The van der Waals surface area contributed by atoms with Crippen LogP contribution in [0.2, 0.25) is 0 Å². The zero-order chi connectivity index (χ0) is 16.1. The largest absolute Gasteiger partial charge is 0.399 e. The molecule has 0 aliphatic carbocycles. The lowest BCUT2D eigenvalue weighted by molar-refractivity contribution is 0.112. The van der Waals surface area contributed by atoms with E-state index in [1.807, 2.05) is 32.0 Å². The van der Waals surface area contributed by atoms with Crippen molar-refractivity contribution in [1.82, 2.24) is 4.72 Å². The molecule has 2 aromatic carbocycles. The van der Waals surface area contributed by atoms with Gasteiger partial charge in [0.15, 0.2) is 0 Å². The first-order chi connectivity index (χ1) is 10.2. The second-order valence-corrected chi connectivity index (χ2v) is 4.99. The van der Waals surface area contributed by atoms with Crippen molar-refractivity contribution in [3.63, 3.8) is 0 Å². The van der Waals surface area contributed by atoms with Gasteiger partial charge < -0.3 is 5.73 Å². The third kappa shape index (κ3) is 8.02. The monoisotopic (exact) mass is 306 g/mol. The Balaban J connectivity index is 0.000000354. The van der Waals surface area contributed by atoms with Crippen LogP contribution in [0.5, 0.6) is 0 Å². The van der Waals surface area contributed by atoms with Crippen LogP contribution in [0.3, 0.4) is 0 Å². The molecule has 0 aliphatic rings. The van der Waals surface area contributed by atoms with Gasteiger partial charge in [-0.2, -0.15) is 0 Å². The topological polar surface area (TPSA) is 72.2 Å². The van der Waals surface area contributed by atoms with E-state index in [1.165, 1.54) is 0 Å². The van der Waals surface area contributed by atoms with Crippen LogP contribution in [0, 0.1) is 0 Å². The Morgan fingerprint density at radius 3 is 1.90 bits per heavy atom. The van der Waals surface area contributed by atoms with Crippen LogP contribution in [0.1, 0.15) is 24.2 Å². The van der Waals surface area contributed by atoms with Gasteiger partial charge >= 0.3 is 0 Å². The molecule has 2 rings (SSSR count). The van der Waals surface area contributed by atoms with Gasteiger partial charge in [0.1, 0.15) is 17.3 Å². The van der Waals surface area contributed by atoms with E-state index >= 15 is 0 Å². The molecule has 1 atom stereocenters. The zero-order valence-corrected chi connectivity index (χ0v) is 13.4. The summed E-state index contributed by atoms with van der Waals surface area (Å²) in [4.78, 5) is 10.7. The first-order valence-electron chi connectivity index (χ1n) is 6.62. The van der Waals surface area contributed by atoms with E-state index in [0.717, 1.165) is 16.7 Å². The molecule has 0 bridgehead atoms. The van der Waals surface area contributed by atoms with Crippen LogP contribution >= 0.6 is 0 Å². The molecule has 3 N–H and O–H groups in total. The summed E-state index contributed by atoms with van der Waals surface area (Å²) in [5.41, 5.74) is 6.86. The Kier molecular flexibility index (Phi) is 10.7. The number of aldehydes is 1. The highest BCUT2D eigenvalue weighted by atomic mass is 32.2. The van der Waals surface area contributed by atoms with Crippen molar-refractivity contribution < 1.29 is 9.00 Å². The Morgan fingerprint density at radius 2 is 1.52 bits per heavy atom. The fraction of sp³-hybridized carbons (Fsp3) is 0.188. The first kappa shape index (κ1) is 19.0. The maximum Gasteiger partial charge on any atom is 0.150 e. The predicted molar refractivity (Wildman–Crippen MR) is 89.5 cm³/mol. The predicted octanol–water partition coefficient (Wildman–Crippen LogP) is 3.04. The summed E-state index contributed by atoms with van der Waals surface area (Å²) in [6, 6.07) is 16.0. The van der Waals surface area contributed by atoms with E-state index in [1.54, 1.807) is 43.4 Å². The summed E-state index contributed by atoms with van der Waals surface area (Å²) >= 11 is 0. The molecule has 0 radical (unpaired) electrons. The van der Waals surface area contributed by atoms with Crippen molar-refractivity contribution in [3.05, 3.63) is 60.2 Å². The molecule has 2 aromatic rings. The van der Waals surface area contributed by atoms with E-state index in [0.29, 0.717) is 5.69 Å². The molecule has 0 aromatic heterocycles. The SMILES string of the molecule is CC.CNS(=O)c1ccc(N)cc1.O=Cc1ccccc1. The van der Waals surface area contributed by atoms with E-state index in [-0.39, 0.29) is 0 Å². The minimum absolute atomic E-state index is 0.682. The summed E-state index contributed by atoms with van der Waals surface area (Å²) in [5.74, 6) is 0. The van der Waals surface area contributed by atoms with Gasteiger partial charge in [-0.3, -0.25) is 4.79 Å². The number of hydrogen-bond acceptors (Lipinski definition) is 3. The van der Waals surface area contributed by atoms with Gasteiger partial charge in [0.25, 0.3) is 0 Å². The Hall–Kier alpha value is -1.98. The van der Waals surface area contributed by atoms with Crippen molar-refractivity contribution in [2.45, 2.75) is 18.7 Å². The normalized spacial score (nSPS) is 10.2. The molecule has 0 fully saturated rings. The molecule has 0 aliphatic heterocycles. The molecule has 0 saturated carbocycles. The number of nitrogens with two attached hydrogens (primary N) is 1. The van der Waals surface area contributed by atoms with Crippen molar-refractivity contribution >= 4 is 23.0 Å². The van der Waals surface area contributed by atoms with Crippen LogP contribution < -0.4 is 10.5 Å². The number of nitrogen functional groups attached to an aromatic ring is 1. The third-order valence-corrected chi connectivity index (χ3v) is 3.29. The first-order valence-corrected chi connectivity index (χ1v) is 7.77.